The van der Waals surface area contributed by atoms with Crippen LogP contribution in [0.3, 0.4) is 0 Å². The van der Waals surface area contributed by atoms with Gasteiger partial charge in [-0.3, -0.25) is 0 Å². The quantitative estimate of drug-likeness (QED) is 0.930. The molecule has 0 saturated heterocycles. The Balaban J connectivity index is 2.21. The van der Waals surface area contributed by atoms with E-state index in [-0.39, 0.29) is 22.8 Å². The Hall–Kier alpha value is -1.72. The van der Waals surface area contributed by atoms with E-state index >= 15 is 0 Å². The van der Waals surface area contributed by atoms with Gasteiger partial charge in [-0.25, -0.2) is 13.2 Å². The zero-order chi connectivity index (χ0) is 14.7. The number of benzene rings is 2. The van der Waals surface area contributed by atoms with Gasteiger partial charge in [0.15, 0.2) is 17.4 Å². The van der Waals surface area contributed by atoms with Gasteiger partial charge in [-0.15, -0.1) is 0 Å². The fraction of sp³-hybridized carbons (Fsp3) is 0.143. The van der Waals surface area contributed by atoms with Gasteiger partial charge in [0.1, 0.15) is 12.4 Å². The number of rotatable bonds is 4. The summed E-state index contributed by atoms with van der Waals surface area (Å²) in [5.41, 5.74) is 0.368. The van der Waals surface area contributed by atoms with E-state index in [1.54, 1.807) is 0 Å². The van der Waals surface area contributed by atoms with E-state index in [4.69, 9.17) is 21.4 Å². The largest absolute Gasteiger partial charge is 0.483 e. The Labute approximate surface area is 118 Å². The van der Waals surface area contributed by atoms with Crippen LogP contribution in [0, 0.1) is 17.5 Å². The zero-order valence-corrected chi connectivity index (χ0v) is 10.9. The lowest BCUT2D eigenvalue weighted by Crippen LogP contribution is -2.02. The summed E-state index contributed by atoms with van der Waals surface area (Å²) in [5, 5.41) is 9.05. The van der Waals surface area contributed by atoms with Crippen molar-refractivity contribution in [2.45, 2.75) is 13.2 Å². The monoisotopic (exact) mass is 302 g/mol. The van der Waals surface area contributed by atoms with Crippen LogP contribution < -0.4 is 4.74 Å². The van der Waals surface area contributed by atoms with Gasteiger partial charge < -0.3 is 9.84 Å². The highest BCUT2D eigenvalue weighted by Gasteiger charge is 2.13. The summed E-state index contributed by atoms with van der Waals surface area (Å²) in [7, 11) is 0. The van der Waals surface area contributed by atoms with E-state index in [9.17, 15) is 13.2 Å². The lowest BCUT2D eigenvalue weighted by molar-refractivity contribution is 0.266. The molecule has 0 aromatic heterocycles. The maximum absolute atomic E-state index is 13.6. The topological polar surface area (TPSA) is 29.5 Å². The molecule has 0 aliphatic rings. The Bertz CT molecular complexity index is 609. The molecule has 106 valence electrons. The molecule has 2 aromatic carbocycles. The van der Waals surface area contributed by atoms with E-state index in [1.807, 2.05) is 0 Å². The average Bonchev–Trinajstić information content (AvgIpc) is 2.41. The molecule has 0 heterocycles. The highest BCUT2D eigenvalue weighted by atomic mass is 35.5. The standard InChI is InChI=1S/C14H10ClF3O2/c15-11-2-1-10(16)5-9(11)7-20-14-12(17)3-8(6-19)4-13(14)18/h1-5,19H,6-7H2. The van der Waals surface area contributed by atoms with Crippen LogP contribution in [-0.4, -0.2) is 5.11 Å². The number of halogens is 4. The van der Waals surface area contributed by atoms with Crippen LogP contribution in [0.1, 0.15) is 11.1 Å². The van der Waals surface area contributed by atoms with E-state index in [1.165, 1.54) is 12.1 Å². The van der Waals surface area contributed by atoms with Crippen molar-refractivity contribution in [2.24, 2.45) is 0 Å². The SMILES string of the molecule is OCc1cc(F)c(OCc2cc(F)ccc2Cl)c(F)c1. The van der Waals surface area contributed by atoms with Gasteiger partial charge in [0.25, 0.3) is 0 Å². The molecule has 1 N–H and O–H groups in total. The van der Waals surface area contributed by atoms with Gasteiger partial charge in [0, 0.05) is 10.6 Å². The summed E-state index contributed by atoms with van der Waals surface area (Å²) in [6.07, 6.45) is 0. The molecule has 2 nitrogen and oxygen atoms in total. The molecule has 0 saturated carbocycles. The smallest absolute Gasteiger partial charge is 0.191 e. The average molecular weight is 303 g/mol. The van der Waals surface area contributed by atoms with E-state index in [2.05, 4.69) is 0 Å². The second kappa shape index (κ2) is 6.15. The minimum Gasteiger partial charge on any atom is -0.483 e. The first-order chi connectivity index (χ1) is 9.51. The number of hydrogen-bond donors (Lipinski definition) is 1. The predicted molar refractivity (Wildman–Crippen MR) is 68.0 cm³/mol. The predicted octanol–water partition coefficient (Wildman–Crippen LogP) is 3.83. The molecule has 0 amide bonds. The first-order valence-corrected chi connectivity index (χ1v) is 6.04. The summed E-state index contributed by atoms with van der Waals surface area (Å²) < 4.78 is 45.2. The van der Waals surface area contributed by atoms with Crippen LogP contribution in [0.2, 0.25) is 5.02 Å². The van der Waals surface area contributed by atoms with Gasteiger partial charge in [0.2, 0.25) is 0 Å². The number of hydrogen-bond acceptors (Lipinski definition) is 2. The van der Waals surface area contributed by atoms with E-state index in [0.29, 0.717) is 0 Å². The Morgan fingerprint density at radius 1 is 1.05 bits per heavy atom. The van der Waals surface area contributed by atoms with Gasteiger partial charge in [-0.1, -0.05) is 11.6 Å². The van der Waals surface area contributed by atoms with Crippen LogP contribution in [0.5, 0.6) is 5.75 Å². The van der Waals surface area contributed by atoms with Crippen molar-refractivity contribution < 1.29 is 23.0 Å². The Kier molecular flexibility index (Phi) is 4.52. The van der Waals surface area contributed by atoms with Crippen molar-refractivity contribution in [3.8, 4) is 5.75 Å². The highest BCUT2D eigenvalue weighted by Crippen LogP contribution is 2.26. The molecular formula is C14H10ClF3O2. The lowest BCUT2D eigenvalue weighted by atomic mass is 10.2. The van der Waals surface area contributed by atoms with Gasteiger partial charge in [0.05, 0.1) is 6.61 Å². The van der Waals surface area contributed by atoms with E-state index < -0.39 is 29.8 Å². The first kappa shape index (κ1) is 14.7. The molecule has 6 heteroatoms. The van der Waals surface area contributed by atoms with Crippen LogP contribution in [0.25, 0.3) is 0 Å². The second-order valence-electron chi connectivity index (χ2n) is 4.07. The second-order valence-corrected chi connectivity index (χ2v) is 4.48. The third-order valence-corrected chi connectivity index (χ3v) is 2.99. The van der Waals surface area contributed by atoms with Gasteiger partial charge in [-0.2, -0.15) is 0 Å². The molecule has 2 aromatic rings. The number of aliphatic hydroxyl groups excluding tert-OH is 1. The fourth-order valence-electron chi connectivity index (χ4n) is 1.65. The van der Waals surface area contributed by atoms with Gasteiger partial charge >= 0.3 is 0 Å². The van der Waals surface area contributed by atoms with Crippen LogP contribution in [0.15, 0.2) is 30.3 Å². The molecule has 0 bridgehead atoms. The summed E-state index contributed by atoms with van der Waals surface area (Å²) in [5.74, 6) is -3.00. The molecule has 0 radical (unpaired) electrons. The fourth-order valence-corrected chi connectivity index (χ4v) is 1.82. The number of aliphatic hydroxyl groups is 1. The van der Waals surface area contributed by atoms with Crippen molar-refractivity contribution in [1.29, 1.82) is 0 Å². The summed E-state index contributed by atoms with van der Waals surface area (Å²) >= 11 is 5.82. The van der Waals surface area contributed by atoms with Crippen LogP contribution in [0.4, 0.5) is 13.2 Å². The minimum atomic E-state index is -0.943. The molecule has 2 rings (SSSR count). The van der Waals surface area contributed by atoms with Crippen molar-refractivity contribution in [3.63, 3.8) is 0 Å². The van der Waals surface area contributed by atoms with E-state index in [0.717, 1.165) is 18.2 Å². The molecule has 0 fully saturated rings. The van der Waals surface area contributed by atoms with Crippen molar-refractivity contribution >= 4 is 11.6 Å². The normalized spacial score (nSPS) is 10.7. The lowest BCUT2D eigenvalue weighted by Gasteiger charge is -2.10. The Morgan fingerprint density at radius 3 is 2.30 bits per heavy atom. The molecule has 0 spiro atoms. The van der Waals surface area contributed by atoms with Crippen molar-refractivity contribution in [2.75, 3.05) is 0 Å². The van der Waals surface area contributed by atoms with Crippen molar-refractivity contribution in [1.82, 2.24) is 0 Å². The molecule has 0 aliphatic carbocycles. The third kappa shape index (κ3) is 3.23. The maximum Gasteiger partial charge on any atom is 0.191 e. The van der Waals surface area contributed by atoms with Crippen LogP contribution in [-0.2, 0) is 13.2 Å². The Morgan fingerprint density at radius 2 is 1.70 bits per heavy atom. The zero-order valence-electron chi connectivity index (χ0n) is 10.2. The third-order valence-electron chi connectivity index (χ3n) is 2.62. The molecular weight excluding hydrogens is 293 g/mol. The molecule has 0 aliphatic heterocycles. The minimum absolute atomic E-state index is 0.0936. The summed E-state index contributed by atoms with van der Waals surface area (Å²) in [4.78, 5) is 0. The van der Waals surface area contributed by atoms with Crippen LogP contribution >= 0.6 is 11.6 Å². The van der Waals surface area contributed by atoms with Gasteiger partial charge in [-0.05, 0) is 35.9 Å². The summed E-state index contributed by atoms with van der Waals surface area (Å²) in [6.45, 7) is -0.757. The molecule has 0 unspecified atom stereocenters. The molecule has 0 atom stereocenters. The van der Waals surface area contributed by atoms with Crippen molar-refractivity contribution in [3.05, 3.63) is 63.9 Å². The number of ether oxygens (including phenoxy) is 1. The molecule has 20 heavy (non-hydrogen) atoms. The first-order valence-electron chi connectivity index (χ1n) is 5.66. The summed E-state index contributed by atoms with van der Waals surface area (Å²) in [6, 6.07) is 5.55. The maximum atomic E-state index is 13.6. The highest BCUT2D eigenvalue weighted by molar-refractivity contribution is 6.31.